The van der Waals surface area contributed by atoms with E-state index < -0.39 is 0 Å². The third-order valence-corrected chi connectivity index (χ3v) is 12.9. The number of benzene rings is 4. The summed E-state index contributed by atoms with van der Waals surface area (Å²) in [6.45, 7) is 8.99. The summed E-state index contributed by atoms with van der Waals surface area (Å²) in [6.07, 6.45) is 12.2. The Kier molecular flexibility index (Phi) is 18.8. The Balaban J connectivity index is 0.000000240. The van der Waals surface area contributed by atoms with Crippen molar-refractivity contribution in [2.24, 2.45) is 0 Å². The summed E-state index contributed by atoms with van der Waals surface area (Å²) in [4.78, 5) is 5.74. The number of fused-ring (bicyclic) bond motifs is 2. The van der Waals surface area contributed by atoms with Gasteiger partial charge in [-0.05, 0) is 80.3 Å². The Bertz CT molecular complexity index is 2220. The van der Waals surface area contributed by atoms with Crippen molar-refractivity contribution in [1.29, 1.82) is 0 Å². The van der Waals surface area contributed by atoms with E-state index in [1.54, 1.807) is 0 Å². The van der Waals surface area contributed by atoms with Crippen LogP contribution in [0, 0.1) is 0 Å². The summed E-state index contributed by atoms with van der Waals surface area (Å²) in [5.41, 5.74) is 10.9. The Morgan fingerprint density at radius 1 is 0.439 bits per heavy atom. The molecule has 0 aliphatic carbocycles. The van der Waals surface area contributed by atoms with Crippen molar-refractivity contribution >= 4 is 44.2 Å². The molecule has 0 spiro atoms. The average molecular weight is 905 g/mol. The second-order valence-electron chi connectivity index (χ2n) is 14.7. The topological polar surface area (TPSA) is 0 Å². The minimum absolute atomic E-state index is 0. The Morgan fingerprint density at radius 2 is 0.842 bits per heavy atom. The Labute approximate surface area is 381 Å². The smallest absolute Gasteiger partial charge is 1.00 e. The summed E-state index contributed by atoms with van der Waals surface area (Å²) in [5.74, 6) is 0. The fraction of sp³-hybridized carbons (Fsp3) is 0.269. The fourth-order valence-corrected chi connectivity index (χ4v) is 9.74. The van der Waals surface area contributed by atoms with Crippen molar-refractivity contribution in [3.05, 3.63) is 154 Å². The van der Waals surface area contributed by atoms with E-state index in [9.17, 15) is 0 Å². The second-order valence-corrected chi connectivity index (χ2v) is 17.1. The summed E-state index contributed by atoms with van der Waals surface area (Å²) < 4.78 is 0. The SMILES string of the molecule is CCCCc1ccc(-c2cccc3[cH-]c(-c4ccc(CCC)s4)cc23)cc1.CCCCc1ccc(-c2cccc3[cH-]c(-c4ccc(CCC)s4)cc23)cc1.[Cl-].[Cl-].[Zr+4]. The van der Waals surface area contributed by atoms with Crippen molar-refractivity contribution in [1.82, 2.24) is 0 Å². The van der Waals surface area contributed by atoms with Crippen LogP contribution >= 0.6 is 22.7 Å². The minimum Gasteiger partial charge on any atom is -1.00 e. The summed E-state index contributed by atoms with van der Waals surface area (Å²) in [5, 5.41) is 5.39. The first-order chi connectivity index (χ1) is 26.6. The van der Waals surface area contributed by atoms with Gasteiger partial charge in [0.25, 0.3) is 0 Å². The maximum atomic E-state index is 2.37. The Hall–Kier alpha value is -3.04. The van der Waals surface area contributed by atoms with E-state index in [0.29, 0.717) is 0 Å². The zero-order valence-electron chi connectivity index (χ0n) is 33.8. The number of halogens is 2. The molecule has 2 heterocycles. The van der Waals surface area contributed by atoms with Crippen LogP contribution in [0.3, 0.4) is 0 Å². The first-order valence-corrected chi connectivity index (χ1v) is 22.0. The molecule has 8 rings (SSSR count). The summed E-state index contributed by atoms with van der Waals surface area (Å²) >= 11 is 3.87. The quantitative estimate of drug-likeness (QED) is 0.0954. The zero-order chi connectivity index (χ0) is 37.3. The van der Waals surface area contributed by atoms with Gasteiger partial charge in [0.1, 0.15) is 0 Å². The van der Waals surface area contributed by atoms with Gasteiger partial charge >= 0.3 is 26.2 Å². The molecule has 2 aromatic heterocycles. The first kappa shape index (κ1) is 46.7. The van der Waals surface area contributed by atoms with Crippen molar-refractivity contribution in [3.8, 4) is 43.1 Å². The molecule has 8 aromatic rings. The molecular weight excluding hydrogens is 851 g/mol. The van der Waals surface area contributed by atoms with Gasteiger partial charge in [-0.3, -0.25) is 0 Å². The van der Waals surface area contributed by atoms with E-state index in [1.807, 2.05) is 22.7 Å². The largest absolute Gasteiger partial charge is 4.00 e. The van der Waals surface area contributed by atoms with Crippen LogP contribution in [0.2, 0.25) is 0 Å². The second kappa shape index (κ2) is 22.9. The van der Waals surface area contributed by atoms with Gasteiger partial charge in [0, 0.05) is 0 Å². The van der Waals surface area contributed by atoms with E-state index in [1.165, 1.54) is 150 Å². The average Bonchev–Trinajstić information content (AvgIpc) is 4.03. The molecule has 0 unspecified atom stereocenters. The number of unbranched alkanes of at least 4 members (excludes halogenated alkanes) is 2. The monoisotopic (exact) mass is 902 g/mol. The van der Waals surface area contributed by atoms with Crippen LogP contribution < -0.4 is 24.8 Å². The molecule has 0 aliphatic heterocycles. The molecule has 0 aliphatic rings. The summed E-state index contributed by atoms with van der Waals surface area (Å²) in [6, 6.07) is 50.3. The van der Waals surface area contributed by atoms with Crippen LogP contribution in [0.1, 0.15) is 87.1 Å². The normalized spacial score (nSPS) is 10.7. The van der Waals surface area contributed by atoms with E-state index in [4.69, 9.17) is 0 Å². The molecule has 5 heteroatoms. The molecule has 0 N–H and O–H groups in total. The van der Waals surface area contributed by atoms with Crippen molar-refractivity contribution in [2.75, 3.05) is 0 Å². The van der Waals surface area contributed by atoms with E-state index in [0.717, 1.165) is 0 Å². The maximum absolute atomic E-state index is 2.37. The van der Waals surface area contributed by atoms with Crippen molar-refractivity contribution in [3.63, 3.8) is 0 Å². The minimum atomic E-state index is 0. The third-order valence-electron chi connectivity index (χ3n) is 10.6. The van der Waals surface area contributed by atoms with Crippen LogP contribution in [0.5, 0.6) is 0 Å². The Morgan fingerprint density at radius 3 is 1.21 bits per heavy atom. The van der Waals surface area contributed by atoms with Gasteiger partial charge in [-0.1, -0.05) is 162 Å². The molecule has 0 saturated carbocycles. The van der Waals surface area contributed by atoms with Gasteiger partial charge in [0.15, 0.2) is 0 Å². The predicted octanol–water partition coefficient (Wildman–Crippen LogP) is 10.5. The third kappa shape index (κ3) is 11.6. The first-order valence-electron chi connectivity index (χ1n) is 20.3. The molecule has 0 nitrogen and oxygen atoms in total. The van der Waals surface area contributed by atoms with Gasteiger partial charge in [0.2, 0.25) is 0 Å². The van der Waals surface area contributed by atoms with Gasteiger partial charge in [-0.2, -0.15) is 22.7 Å². The molecule has 292 valence electrons. The molecule has 0 radical (unpaired) electrons. The van der Waals surface area contributed by atoms with E-state index >= 15 is 0 Å². The van der Waals surface area contributed by atoms with Gasteiger partial charge in [-0.25, -0.2) is 0 Å². The number of hydrogen-bond acceptors (Lipinski definition) is 2. The van der Waals surface area contributed by atoms with Crippen molar-refractivity contribution in [2.45, 2.75) is 91.9 Å². The maximum Gasteiger partial charge on any atom is 4.00 e. The number of aryl methyl sites for hydroxylation is 4. The molecule has 0 fully saturated rings. The van der Waals surface area contributed by atoms with Crippen molar-refractivity contribution < 1.29 is 51.0 Å². The fourth-order valence-electron chi connectivity index (χ4n) is 7.55. The van der Waals surface area contributed by atoms with E-state index in [-0.39, 0.29) is 51.0 Å². The van der Waals surface area contributed by atoms with E-state index in [2.05, 4.69) is 161 Å². The molecular formula is C52H54Cl2S2Zr. The van der Waals surface area contributed by atoms with Crippen LogP contribution in [0.4, 0.5) is 0 Å². The van der Waals surface area contributed by atoms with Gasteiger partial charge in [-0.15, -0.1) is 69.1 Å². The number of thiophene rings is 2. The zero-order valence-corrected chi connectivity index (χ0v) is 39.4. The molecule has 0 atom stereocenters. The molecule has 0 amide bonds. The van der Waals surface area contributed by atoms with Crippen LogP contribution in [0.25, 0.3) is 64.7 Å². The standard InChI is InChI=1S/2C26H27S.2ClH.Zr/c2*1-3-5-8-19-11-13-20(14-12-19)24-10-6-9-21-17-22(18-25(21)24)26-16-15-23(27-26)7-4-2;;;/h2*6,9-18H,3-5,7-8H2,1-2H3;2*1H;/q2*-1;;;+4/p-2. The number of rotatable bonds is 14. The molecule has 6 aromatic carbocycles. The van der Waals surface area contributed by atoms with Crippen LogP contribution in [0.15, 0.2) is 133 Å². The number of hydrogen-bond donors (Lipinski definition) is 0. The van der Waals surface area contributed by atoms with Crippen LogP contribution in [-0.2, 0) is 51.9 Å². The predicted molar refractivity (Wildman–Crippen MR) is 242 cm³/mol. The summed E-state index contributed by atoms with van der Waals surface area (Å²) in [7, 11) is 0. The van der Waals surface area contributed by atoms with Gasteiger partial charge < -0.3 is 24.8 Å². The van der Waals surface area contributed by atoms with Crippen LogP contribution in [-0.4, -0.2) is 0 Å². The van der Waals surface area contributed by atoms with Gasteiger partial charge in [0.05, 0.1) is 0 Å². The molecule has 0 bridgehead atoms. The molecule has 57 heavy (non-hydrogen) atoms. The molecule has 0 saturated heterocycles.